The molecule has 0 radical (unpaired) electrons. The Bertz CT molecular complexity index is 1300. The third kappa shape index (κ3) is 4.70. The second-order valence-electron chi connectivity index (χ2n) is 7.53. The zero-order valence-electron chi connectivity index (χ0n) is 17.3. The summed E-state index contributed by atoms with van der Waals surface area (Å²) in [7, 11) is -5.20. The van der Waals surface area contributed by atoms with Crippen molar-refractivity contribution in [3.8, 4) is 0 Å². The minimum absolute atomic E-state index is 0. The van der Waals surface area contributed by atoms with E-state index in [-0.39, 0.29) is 32.2 Å². The maximum Gasteiger partial charge on any atom is 0.484 e. The second kappa shape index (κ2) is 9.41. The summed E-state index contributed by atoms with van der Waals surface area (Å²) in [5, 5.41) is 16.3. The molecule has 0 saturated carbocycles. The van der Waals surface area contributed by atoms with E-state index in [0.717, 1.165) is 22.6 Å². The van der Waals surface area contributed by atoms with Gasteiger partial charge in [-0.3, -0.25) is 9.78 Å². The normalized spacial score (nSPS) is 14.1. The molecule has 0 fully saturated rings. The molecule has 8 nitrogen and oxygen atoms in total. The molecule has 32 heavy (non-hydrogen) atoms. The van der Waals surface area contributed by atoms with E-state index in [1.54, 1.807) is 30.6 Å². The molecular formula is C21H23BN4O4S2. The number of hydrogen-bond acceptors (Lipinski definition) is 7. The van der Waals surface area contributed by atoms with Gasteiger partial charge in [-0.2, -0.15) is 18.6 Å². The predicted octanol–water partition coefficient (Wildman–Crippen LogP) is 0.498. The highest BCUT2D eigenvalue weighted by Crippen LogP contribution is 2.22. The van der Waals surface area contributed by atoms with Crippen molar-refractivity contribution in [2.75, 3.05) is 12.8 Å². The van der Waals surface area contributed by atoms with Crippen molar-refractivity contribution in [1.82, 2.24) is 9.31 Å². The number of benzene rings is 2. The van der Waals surface area contributed by atoms with Crippen molar-refractivity contribution >= 4 is 58.8 Å². The molecule has 1 atom stereocenters. The van der Waals surface area contributed by atoms with Crippen molar-refractivity contribution in [2.45, 2.75) is 12.3 Å². The van der Waals surface area contributed by atoms with Crippen LogP contribution in [0.4, 0.5) is 0 Å². The molecule has 2 heterocycles. The molecule has 0 unspecified atom stereocenters. The zero-order valence-corrected chi connectivity index (χ0v) is 19.2. The Morgan fingerprint density at radius 2 is 1.97 bits per heavy atom. The minimum Gasteiger partial charge on any atom is -0.427 e. The summed E-state index contributed by atoms with van der Waals surface area (Å²) >= 11 is 0. The largest absolute Gasteiger partial charge is 0.484 e. The average Bonchev–Trinajstić information content (AvgIpc) is 2.74. The minimum atomic E-state index is -3.74. The number of ketones is 1. The molecule has 166 valence electrons. The number of carbonyl (C=O) groups excluding carboxylic acids is 1. The lowest BCUT2D eigenvalue weighted by Crippen LogP contribution is -2.52. The summed E-state index contributed by atoms with van der Waals surface area (Å²) in [6.45, 7) is 0.0924. The summed E-state index contributed by atoms with van der Waals surface area (Å²) in [5.41, 5.74) is 8.38. The van der Waals surface area contributed by atoms with Crippen molar-refractivity contribution < 1.29 is 18.2 Å². The van der Waals surface area contributed by atoms with Gasteiger partial charge in [-0.15, -0.1) is 0 Å². The van der Waals surface area contributed by atoms with Crippen LogP contribution in [0.5, 0.6) is 0 Å². The quantitative estimate of drug-likeness (QED) is 0.506. The van der Waals surface area contributed by atoms with Gasteiger partial charge in [0.2, 0.25) is 10.0 Å². The number of carbonyl (C=O) groups is 1. The molecule has 0 spiro atoms. The van der Waals surface area contributed by atoms with Crippen LogP contribution < -0.4 is 11.2 Å². The lowest BCUT2D eigenvalue weighted by Gasteiger charge is -2.25. The maximum absolute atomic E-state index is 13.1. The number of aromatic nitrogens is 1. The summed E-state index contributed by atoms with van der Waals surface area (Å²) in [6, 6.07) is 12.8. The van der Waals surface area contributed by atoms with Gasteiger partial charge in [0.25, 0.3) is 0 Å². The van der Waals surface area contributed by atoms with Gasteiger partial charge >= 0.3 is 7.05 Å². The Kier molecular flexibility index (Phi) is 7.04. The van der Waals surface area contributed by atoms with Crippen LogP contribution in [0.1, 0.15) is 22.6 Å². The Morgan fingerprint density at radius 3 is 2.69 bits per heavy atom. The molecule has 3 N–H and O–H groups in total. The first-order valence-corrected chi connectivity index (χ1v) is 11.5. The molecular weight excluding hydrogens is 447 g/mol. The second-order valence-corrected chi connectivity index (χ2v) is 9.37. The summed E-state index contributed by atoms with van der Waals surface area (Å²) in [4.78, 5) is 17.2. The van der Waals surface area contributed by atoms with E-state index in [1.165, 1.54) is 6.21 Å². The monoisotopic (exact) mass is 470 g/mol. The van der Waals surface area contributed by atoms with E-state index in [2.05, 4.69) is 10.1 Å². The van der Waals surface area contributed by atoms with Crippen molar-refractivity contribution in [2.24, 2.45) is 10.8 Å². The molecule has 3 aromatic rings. The maximum atomic E-state index is 13.1. The number of nitrogens with two attached hydrogens (primary N) is 1. The molecule has 1 aliphatic rings. The highest BCUT2D eigenvalue weighted by molar-refractivity contribution is 7.89. The SMILES string of the molecule is CS(=O)(=O)N1N=Cc2ccc([C@@H](CN)C(=O)Cc3ccc4cnccc4c3)cc2B1O.S. The lowest BCUT2D eigenvalue weighted by atomic mass is 9.70. The third-order valence-corrected chi connectivity index (χ3v) is 6.33. The fourth-order valence-corrected chi connectivity index (χ4v) is 4.43. The number of rotatable bonds is 6. The van der Waals surface area contributed by atoms with E-state index in [0.29, 0.717) is 20.9 Å². The van der Waals surface area contributed by atoms with Crippen LogP contribution in [-0.2, 0) is 21.2 Å². The van der Waals surface area contributed by atoms with Crippen LogP contribution in [0.25, 0.3) is 10.8 Å². The summed E-state index contributed by atoms with van der Waals surface area (Å²) in [6.07, 6.45) is 6.02. The van der Waals surface area contributed by atoms with Gasteiger partial charge in [-0.1, -0.05) is 36.4 Å². The van der Waals surface area contributed by atoms with Gasteiger partial charge in [0, 0.05) is 30.7 Å². The van der Waals surface area contributed by atoms with Crippen LogP contribution in [0, 0.1) is 0 Å². The van der Waals surface area contributed by atoms with Gasteiger partial charge < -0.3 is 10.8 Å². The average molecular weight is 470 g/mol. The Hall–Kier alpha value is -2.73. The Morgan fingerprint density at radius 1 is 1.19 bits per heavy atom. The van der Waals surface area contributed by atoms with Crippen molar-refractivity contribution in [3.05, 3.63) is 71.5 Å². The number of fused-ring (bicyclic) bond motifs is 2. The number of Topliss-reactive ketones (excluding diaryl/α,β-unsaturated/α-hetero) is 1. The first-order chi connectivity index (χ1) is 14.8. The van der Waals surface area contributed by atoms with E-state index >= 15 is 0 Å². The fourth-order valence-electron chi connectivity index (χ4n) is 3.74. The van der Waals surface area contributed by atoms with Crippen LogP contribution in [0.3, 0.4) is 0 Å². The van der Waals surface area contributed by atoms with Gasteiger partial charge in [0.1, 0.15) is 5.78 Å². The van der Waals surface area contributed by atoms with E-state index in [4.69, 9.17) is 5.73 Å². The van der Waals surface area contributed by atoms with Gasteiger partial charge in [0.15, 0.2) is 0 Å². The van der Waals surface area contributed by atoms with E-state index in [1.807, 2.05) is 24.3 Å². The topological polar surface area (TPSA) is 126 Å². The number of nitrogens with zero attached hydrogens (tertiary/aromatic N) is 3. The molecule has 1 aromatic heterocycles. The van der Waals surface area contributed by atoms with Crippen LogP contribution in [0.15, 0.2) is 60.0 Å². The number of pyridine rings is 1. The molecule has 0 amide bonds. The first-order valence-electron chi connectivity index (χ1n) is 9.68. The van der Waals surface area contributed by atoms with Crippen LogP contribution in [-0.4, -0.2) is 54.6 Å². The highest BCUT2D eigenvalue weighted by atomic mass is 32.2. The van der Waals surface area contributed by atoms with Gasteiger partial charge in [0.05, 0.1) is 18.4 Å². The Labute approximate surface area is 193 Å². The van der Waals surface area contributed by atoms with Crippen molar-refractivity contribution in [3.63, 3.8) is 0 Å². The molecule has 0 saturated heterocycles. The summed E-state index contributed by atoms with van der Waals surface area (Å²) in [5.74, 6) is -0.647. The smallest absolute Gasteiger partial charge is 0.427 e. The van der Waals surface area contributed by atoms with E-state index < -0.39 is 23.0 Å². The molecule has 4 rings (SSSR count). The van der Waals surface area contributed by atoms with E-state index in [9.17, 15) is 18.2 Å². The molecule has 1 aliphatic heterocycles. The van der Waals surface area contributed by atoms with Crippen LogP contribution in [0.2, 0.25) is 0 Å². The number of sulfonamides is 1. The van der Waals surface area contributed by atoms with Gasteiger partial charge in [-0.05, 0) is 33.6 Å². The number of hydrazone groups is 1. The number of hydrogen-bond donors (Lipinski definition) is 2. The third-order valence-electron chi connectivity index (χ3n) is 5.36. The van der Waals surface area contributed by atoms with Crippen molar-refractivity contribution in [1.29, 1.82) is 0 Å². The first kappa shape index (κ1) is 23.9. The zero-order chi connectivity index (χ0) is 22.2. The lowest BCUT2D eigenvalue weighted by molar-refractivity contribution is -0.119. The molecule has 2 aromatic carbocycles. The Balaban J connectivity index is 0.00000289. The predicted molar refractivity (Wildman–Crippen MR) is 131 cm³/mol. The molecule has 0 aliphatic carbocycles. The highest BCUT2D eigenvalue weighted by Gasteiger charge is 2.35. The van der Waals surface area contributed by atoms with Gasteiger partial charge in [-0.25, -0.2) is 12.7 Å². The standard InChI is InChI=1S/C21H21BN4O4S.H2S/c1-31(29,30)26-22(28)20-10-16(4-5-18(20)13-25-26)19(11-23)21(27)9-14-2-3-17-12-24-7-6-15(17)8-14;/h2-8,10,12-13,19,28H,9,11,23H2,1H3;1H2/t19-;/m1./s1. The molecule has 0 bridgehead atoms. The van der Waals surface area contributed by atoms with Crippen LogP contribution >= 0.6 is 13.5 Å². The molecule has 11 heteroatoms. The summed E-state index contributed by atoms with van der Waals surface area (Å²) < 4.78 is 24.4. The fraction of sp³-hybridized carbons (Fsp3) is 0.190.